The highest BCUT2D eigenvalue weighted by atomic mass is 35.5. The molecule has 1 aliphatic heterocycles. The van der Waals surface area contributed by atoms with Crippen LogP contribution in [0, 0.1) is 11.6 Å². The summed E-state index contributed by atoms with van der Waals surface area (Å²) >= 11 is 5.94. The fraction of sp³-hybridized carbons (Fsp3) is 0.211. The van der Waals surface area contributed by atoms with Crippen molar-refractivity contribution in [1.82, 2.24) is 4.90 Å². The largest absolute Gasteiger partial charge is 0.323 e. The van der Waals surface area contributed by atoms with Crippen LogP contribution in [-0.4, -0.2) is 34.6 Å². The molecule has 1 aliphatic rings. The normalized spacial score (nSPS) is 15.7. The average molecular weight is 392 g/mol. The van der Waals surface area contributed by atoms with Gasteiger partial charge in [0.1, 0.15) is 29.6 Å². The Morgan fingerprint density at radius 3 is 2.44 bits per heavy atom. The van der Waals surface area contributed by atoms with Crippen molar-refractivity contribution < 1.29 is 18.4 Å². The van der Waals surface area contributed by atoms with Crippen molar-refractivity contribution in [3.8, 4) is 0 Å². The fourth-order valence-electron chi connectivity index (χ4n) is 2.75. The van der Waals surface area contributed by atoms with E-state index < -0.39 is 29.1 Å². The lowest BCUT2D eigenvalue weighted by Gasteiger charge is -2.28. The summed E-state index contributed by atoms with van der Waals surface area (Å²) in [5.41, 5.74) is -0.239. The number of halogens is 3. The molecule has 2 amide bonds. The highest BCUT2D eigenvalue weighted by Crippen LogP contribution is 2.27. The average Bonchev–Trinajstić information content (AvgIpc) is 2.82. The zero-order chi connectivity index (χ0) is 19.8. The van der Waals surface area contributed by atoms with Gasteiger partial charge in [0.2, 0.25) is 5.91 Å². The minimum atomic E-state index is -0.968. The number of nitrogens with one attached hydrogen (secondary N) is 1. The predicted octanol–water partition coefficient (Wildman–Crippen LogP) is 3.62. The van der Waals surface area contributed by atoms with Gasteiger partial charge < -0.3 is 10.2 Å². The molecule has 2 aromatic carbocycles. The van der Waals surface area contributed by atoms with E-state index in [0.29, 0.717) is 5.56 Å². The Morgan fingerprint density at radius 2 is 1.78 bits per heavy atom. The van der Waals surface area contributed by atoms with Crippen LogP contribution in [0.5, 0.6) is 0 Å². The van der Waals surface area contributed by atoms with Crippen LogP contribution in [0.1, 0.15) is 19.4 Å². The third-order valence-corrected chi connectivity index (χ3v) is 4.45. The van der Waals surface area contributed by atoms with E-state index in [9.17, 15) is 18.4 Å². The van der Waals surface area contributed by atoms with E-state index in [0.717, 1.165) is 6.07 Å². The number of nitrogens with zero attached hydrogens (tertiary/aromatic N) is 2. The number of benzene rings is 2. The van der Waals surface area contributed by atoms with Crippen LogP contribution >= 0.6 is 11.6 Å². The molecule has 0 aliphatic carbocycles. The van der Waals surface area contributed by atoms with E-state index in [-0.39, 0.29) is 23.0 Å². The molecule has 0 aromatic heterocycles. The highest BCUT2D eigenvalue weighted by Gasteiger charge is 2.41. The molecule has 0 fully saturated rings. The Hall–Kier alpha value is -2.80. The number of hydrogen-bond donors (Lipinski definition) is 1. The molecule has 5 nitrogen and oxygen atoms in total. The van der Waals surface area contributed by atoms with Gasteiger partial charge in [-0.25, -0.2) is 8.78 Å². The molecule has 2 aromatic rings. The second-order valence-corrected chi connectivity index (χ2v) is 6.93. The van der Waals surface area contributed by atoms with Crippen molar-refractivity contribution in [2.75, 3.05) is 11.9 Å². The van der Waals surface area contributed by atoms with Crippen LogP contribution in [0.2, 0.25) is 5.02 Å². The molecule has 0 atom stereocenters. The van der Waals surface area contributed by atoms with Gasteiger partial charge in [-0.1, -0.05) is 11.6 Å². The standard InChI is InChI=1S/C19H16ClF2N3O2/c1-19(2)24-17(11-3-5-12(21)6-4-11)18(27)25(19)10-16(26)23-15-9-13(22)7-8-14(15)20/h3-9H,10H2,1-2H3,(H,23,26). The van der Waals surface area contributed by atoms with Gasteiger partial charge in [0, 0.05) is 5.56 Å². The lowest BCUT2D eigenvalue weighted by Crippen LogP contribution is -2.46. The molecule has 0 spiro atoms. The molecule has 1 heterocycles. The molecular weight excluding hydrogens is 376 g/mol. The topological polar surface area (TPSA) is 61.8 Å². The maximum absolute atomic E-state index is 13.3. The summed E-state index contributed by atoms with van der Waals surface area (Å²) in [6, 6.07) is 8.98. The molecule has 27 heavy (non-hydrogen) atoms. The van der Waals surface area contributed by atoms with Crippen molar-refractivity contribution in [2.24, 2.45) is 4.99 Å². The smallest absolute Gasteiger partial charge is 0.275 e. The molecule has 140 valence electrons. The van der Waals surface area contributed by atoms with Gasteiger partial charge in [-0.15, -0.1) is 0 Å². The van der Waals surface area contributed by atoms with E-state index in [2.05, 4.69) is 10.3 Å². The zero-order valence-electron chi connectivity index (χ0n) is 14.6. The van der Waals surface area contributed by atoms with Gasteiger partial charge in [-0.2, -0.15) is 0 Å². The summed E-state index contributed by atoms with van der Waals surface area (Å²) in [7, 11) is 0. The van der Waals surface area contributed by atoms with Crippen LogP contribution in [0.3, 0.4) is 0 Å². The third-order valence-electron chi connectivity index (χ3n) is 4.12. The summed E-state index contributed by atoms with van der Waals surface area (Å²) in [5.74, 6) is -1.96. The summed E-state index contributed by atoms with van der Waals surface area (Å²) in [6.07, 6.45) is 0. The van der Waals surface area contributed by atoms with Gasteiger partial charge in [-0.05, 0) is 56.3 Å². The van der Waals surface area contributed by atoms with Crippen LogP contribution < -0.4 is 5.32 Å². The Bertz CT molecular complexity index is 942. The fourth-order valence-corrected chi connectivity index (χ4v) is 2.91. The minimum Gasteiger partial charge on any atom is -0.323 e. The molecule has 0 saturated heterocycles. The zero-order valence-corrected chi connectivity index (χ0v) is 15.3. The lowest BCUT2D eigenvalue weighted by atomic mass is 10.1. The van der Waals surface area contributed by atoms with Crippen molar-refractivity contribution in [1.29, 1.82) is 0 Å². The van der Waals surface area contributed by atoms with Gasteiger partial charge in [0.15, 0.2) is 0 Å². The highest BCUT2D eigenvalue weighted by molar-refractivity contribution is 6.47. The second-order valence-electron chi connectivity index (χ2n) is 6.53. The first-order valence-electron chi connectivity index (χ1n) is 8.10. The molecule has 0 unspecified atom stereocenters. The quantitative estimate of drug-likeness (QED) is 0.865. The van der Waals surface area contributed by atoms with E-state index in [1.165, 1.54) is 41.3 Å². The number of amides is 2. The molecular formula is C19H16ClF2N3O2. The van der Waals surface area contributed by atoms with E-state index in [1.807, 2.05) is 0 Å². The molecule has 0 bridgehead atoms. The number of aliphatic imine (C=N–C) groups is 1. The minimum absolute atomic E-state index is 0.116. The monoisotopic (exact) mass is 391 g/mol. The number of anilines is 1. The molecule has 3 rings (SSSR count). The Balaban J connectivity index is 1.77. The molecule has 0 saturated carbocycles. The van der Waals surface area contributed by atoms with Crippen molar-refractivity contribution in [2.45, 2.75) is 19.5 Å². The van der Waals surface area contributed by atoms with Crippen LogP contribution in [0.15, 0.2) is 47.5 Å². The first-order valence-corrected chi connectivity index (χ1v) is 8.48. The van der Waals surface area contributed by atoms with Gasteiger partial charge in [0.05, 0.1) is 10.7 Å². The third kappa shape index (κ3) is 3.98. The lowest BCUT2D eigenvalue weighted by molar-refractivity contribution is -0.131. The molecule has 0 radical (unpaired) electrons. The Kier molecular flexibility index (Phi) is 4.97. The van der Waals surface area contributed by atoms with E-state index in [1.54, 1.807) is 13.8 Å². The van der Waals surface area contributed by atoms with Crippen LogP contribution in [0.25, 0.3) is 0 Å². The van der Waals surface area contributed by atoms with Gasteiger partial charge >= 0.3 is 0 Å². The summed E-state index contributed by atoms with van der Waals surface area (Å²) < 4.78 is 26.4. The van der Waals surface area contributed by atoms with E-state index in [4.69, 9.17) is 11.6 Å². The predicted molar refractivity (Wildman–Crippen MR) is 98.8 cm³/mol. The maximum Gasteiger partial charge on any atom is 0.275 e. The number of carbonyl (C=O) groups excluding carboxylic acids is 2. The summed E-state index contributed by atoms with van der Waals surface area (Å²) in [4.78, 5) is 30.8. The Morgan fingerprint density at radius 1 is 1.15 bits per heavy atom. The summed E-state index contributed by atoms with van der Waals surface area (Å²) in [6.45, 7) is 3.07. The first-order chi connectivity index (χ1) is 12.7. The van der Waals surface area contributed by atoms with Crippen LogP contribution in [-0.2, 0) is 9.59 Å². The number of hydrogen-bond acceptors (Lipinski definition) is 3. The first kappa shape index (κ1) is 19.0. The van der Waals surface area contributed by atoms with Crippen molar-refractivity contribution in [3.63, 3.8) is 0 Å². The maximum atomic E-state index is 13.3. The van der Waals surface area contributed by atoms with Gasteiger partial charge in [-0.3, -0.25) is 14.6 Å². The van der Waals surface area contributed by atoms with Crippen LogP contribution in [0.4, 0.5) is 14.5 Å². The molecule has 8 heteroatoms. The van der Waals surface area contributed by atoms with Gasteiger partial charge in [0.25, 0.3) is 5.91 Å². The van der Waals surface area contributed by atoms with E-state index >= 15 is 0 Å². The molecule has 1 N–H and O–H groups in total. The van der Waals surface area contributed by atoms with Crippen molar-refractivity contribution in [3.05, 3.63) is 64.7 Å². The summed E-state index contributed by atoms with van der Waals surface area (Å²) in [5, 5.41) is 2.67. The number of rotatable bonds is 4. The number of carbonyl (C=O) groups is 2. The SMILES string of the molecule is CC1(C)N=C(c2ccc(F)cc2)C(=O)N1CC(=O)Nc1cc(F)ccc1Cl. The Labute approximate surface area is 159 Å². The second kappa shape index (κ2) is 7.08. The van der Waals surface area contributed by atoms with Crippen molar-refractivity contribution >= 4 is 34.8 Å².